The SMILES string of the molecule is CC/C=C\C/C=C\C/C=C\C/C=C\C/C=C\C/C=C\CCC(=O)OCC(COP(=O)(O)OCC(O)COP(=O)(O)OCC(COC(=O)CCCCCCCC/C=C\C/C=C\C/C=C\C/C=C\CC)OC(=O)CCCCCCC/C=C\C/C=C\C/C=C\CC)OC(=O)CCCCC/C=C\C/C=C\C/C=C\C/C=C\C/C=C\CC. The number of aliphatic hydroxyl groups is 1. The number of hydrogen-bond donors (Lipinski definition) is 3. The van der Waals surface area contributed by atoms with E-state index in [2.05, 4.69) is 228 Å². The molecule has 3 N–H and O–H groups in total. The van der Waals surface area contributed by atoms with Crippen molar-refractivity contribution in [3.05, 3.63) is 219 Å². The highest BCUT2D eigenvalue weighted by Gasteiger charge is 2.30. The Bertz CT molecular complexity index is 2990. The van der Waals surface area contributed by atoms with Crippen molar-refractivity contribution in [3.63, 3.8) is 0 Å². The van der Waals surface area contributed by atoms with Gasteiger partial charge in [0.15, 0.2) is 12.2 Å². The van der Waals surface area contributed by atoms with E-state index < -0.39 is 97.5 Å². The molecule has 0 heterocycles. The highest BCUT2D eigenvalue weighted by molar-refractivity contribution is 7.47. The molecule has 0 aliphatic carbocycles. The lowest BCUT2D eigenvalue weighted by atomic mass is 10.1. The molecule has 0 aromatic heterocycles. The number of carbonyl (C=O) groups is 4. The number of phosphoric acid groups is 2. The van der Waals surface area contributed by atoms with Crippen molar-refractivity contribution in [2.75, 3.05) is 39.6 Å². The molecule has 0 amide bonds. The number of unbranched alkanes of at least 4 members (excludes halogenated alkanes) is 14. The highest BCUT2D eigenvalue weighted by atomic mass is 31.2. The number of phosphoric ester groups is 2. The molecule has 0 aromatic carbocycles. The normalized spacial score (nSPS) is 14.9. The largest absolute Gasteiger partial charge is 0.472 e. The van der Waals surface area contributed by atoms with Crippen LogP contribution in [0.4, 0.5) is 0 Å². The van der Waals surface area contributed by atoms with Gasteiger partial charge in [0.05, 0.1) is 26.4 Å². The molecular formula is C93H146O17P2. The van der Waals surface area contributed by atoms with Crippen molar-refractivity contribution in [3.8, 4) is 0 Å². The van der Waals surface area contributed by atoms with Crippen LogP contribution in [0.1, 0.15) is 285 Å². The van der Waals surface area contributed by atoms with E-state index in [1.807, 2.05) is 18.2 Å². The molecule has 112 heavy (non-hydrogen) atoms. The molecule has 0 aliphatic heterocycles. The number of rotatable bonds is 76. The molecule has 5 unspecified atom stereocenters. The first-order valence-corrected chi connectivity index (χ1v) is 45.0. The van der Waals surface area contributed by atoms with Gasteiger partial charge in [0.1, 0.15) is 19.3 Å². The van der Waals surface area contributed by atoms with Gasteiger partial charge in [0, 0.05) is 25.7 Å². The van der Waals surface area contributed by atoms with Crippen molar-refractivity contribution >= 4 is 39.5 Å². The minimum absolute atomic E-state index is 0.0187. The maximum atomic E-state index is 13.1. The highest BCUT2D eigenvalue weighted by Crippen LogP contribution is 2.45. The first-order valence-electron chi connectivity index (χ1n) is 42.0. The van der Waals surface area contributed by atoms with Crippen molar-refractivity contribution in [2.45, 2.75) is 303 Å². The molecule has 0 spiro atoms. The Morgan fingerprint density at radius 1 is 0.250 bits per heavy atom. The molecule has 0 rings (SSSR count). The average molecular weight is 1600 g/mol. The van der Waals surface area contributed by atoms with Gasteiger partial charge in [-0.3, -0.25) is 37.3 Å². The summed E-state index contributed by atoms with van der Waals surface area (Å²) < 4.78 is 68.7. The number of aliphatic hydroxyl groups excluding tert-OH is 1. The van der Waals surface area contributed by atoms with Gasteiger partial charge in [-0.2, -0.15) is 0 Å². The molecule has 17 nitrogen and oxygen atoms in total. The zero-order valence-corrected chi connectivity index (χ0v) is 70.8. The number of ether oxygens (including phenoxy) is 4. The van der Waals surface area contributed by atoms with Gasteiger partial charge in [0.25, 0.3) is 0 Å². The fraction of sp³-hybridized carbons (Fsp3) is 0.570. The molecule has 19 heteroatoms. The standard InChI is InChI=1S/C93H146O17P2/c1-5-9-13-17-21-25-29-33-37-40-43-46-50-53-57-61-65-69-73-77-90(95)103-83-88(109-92(97)79-75-71-67-63-59-55-49-36-32-28-24-20-16-12-8-4)85-107-111(99,100)105-81-87(94)82-106-112(101,102)108-86-89(110-93(98)80-76-72-68-64-60-56-52-48-45-42-39-35-31-27-23-19-15-11-7-3)84-104-91(96)78-74-70-66-62-58-54-51-47-44-41-38-34-30-26-22-18-14-10-6-2/h9-16,21-28,33-39,43-49,54,56,58,60,66,70,87-89,94H,5-8,17-20,29-32,40-42,50-53,55,57,59,61-65,67-69,71-86H2,1-4H3,(H,99,100)(H,101,102)/b13-9-,14-10-,15-11-,16-12-,25-21-,26-22-,27-23-,28-24-,37-33-,38-34-,39-35-,46-43-,47-44-,48-45-,49-36-,58-54-,60-56-,70-66-. The van der Waals surface area contributed by atoms with Crippen LogP contribution >= 0.6 is 15.6 Å². The van der Waals surface area contributed by atoms with E-state index in [0.29, 0.717) is 32.1 Å². The van der Waals surface area contributed by atoms with E-state index in [1.165, 1.54) is 0 Å². The molecule has 5 atom stereocenters. The maximum Gasteiger partial charge on any atom is 0.472 e. The van der Waals surface area contributed by atoms with Crippen LogP contribution in [-0.2, 0) is 65.4 Å². The van der Waals surface area contributed by atoms with Gasteiger partial charge < -0.3 is 33.8 Å². The lowest BCUT2D eigenvalue weighted by molar-refractivity contribution is -0.161. The van der Waals surface area contributed by atoms with Crippen molar-refractivity contribution < 1.29 is 80.2 Å². The molecule has 0 aromatic rings. The Hall–Kier alpha value is -6.62. The van der Waals surface area contributed by atoms with Crippen LogP contribution in [0.15, 0.2) is 219 Å². The monoisotopic (exact) mass is 1600 g/mol. The van der Waals surface area contributed by atoms with Gasteiger partial charge in [-0.05, 0) is 180 Å². The molecule has 0 saturated carbocycles. The minimum atomic E-state index is -5.02. The van der Waals surface area contributed by atoms with Gasteiger partial charge in [-0.1, -0.05) is 298 Å². The van der Waals surface area contributed by atoms with Crippen LogP contribution in [0.3, 0.4) is 0 Å². The Kier molecular flexibility index (Phi) is 77.5. The summed E-state index contributed by atoms with van der Waals surface area (Å²) in [5.41, 5.74) is 0. The third-order valence-corrected chi connectivity index (χ3v) is 18.3. The van der Waals surface area contributed by atoms with E-state index in [-0.39, 0.29) is 25.7 Å². The topological polar surface area (TPSA) is 237 Å². The smallest absolute Gasteiger partial charge is 0.462 e. The van der Waals surface area contributed by atoms with Gasteiger partial charge in [-0.15, -0.1) is 0 Å². The first-order chi connectivity index (χ1) is 54.7. The fourth-order valence-corrected chi connectivity index (χ4v) is 11.8. The Morgan fingerprint density at radius 2 is 0.455 bits per heavy atom. The van der Waals surface area contributed by atoms with Gasteiger partial charge >= 0.3 is 39.5 Å². The summed E-state index contributed by atoms with van der Waals surface area (Å²) in [4.78, 5) is 73.2. The molecule has 0 aliphatic rings. The maximum absolute atomic E-state index is 13.1. The fourth-order valence-electron chi connectivity index (χ4n) is 10.2. The second kappa shape index (κ2) is 82.4. The summed E-state index contributed by atoms with van der Waals surface area (Å²) in [6, 6.07) is 0. The van der Waals surface area contributed by atoms with Crippen LogP contribution in [-0.4, -0.2) is 96.7 Å². The summed E-state index contributed by atoms with van der Waals surface area (Å²) in [5.74, 6) is -2.37. The van der Waals surface area contributed by atoms with Crippen LogP contribution in [0, 0.1) is 0 Å². The van der Waals surface area contributed by atoms with Crippen LogP contribution < -0.4 is 0 Å². The van der Waals surface area contributed by atoms with E-state index >= 15 is 0 Å². The van der Waals surface area contributed by atoms with E-state index in [0.717, 1.165) is 199 Å². The van der Waals surface area contributed by atoms with E-state index in [1.54, 1.807) is 0 Å². The third-order valence-electron chi connectivity index (χ3n) is 16.4. The van der Waals surface area contributed by atoms with Crippen molar-refractivity contribution in [2.24, 2.45) is 0 Å². The Labute approximate surface area is 677 Å². The molecule has 0 bridgehead atoms. The van der Waals surface area contributed by atoms with E-state index in [4.69, 9.17) is 37.0 Å². The van der Waals surface area contributed by atoms with Crippen molar-refractivity contribution in [1.29, 1.82) is 0 Å². The summed E-state index contributed by atoms with van der Waals surface area (Å²) in [5, 5.41) is 10.7. The lowest BCUT2D eigenvalue weighted by Gasteiger charge is -2.21. The van der Waals surface area contributed by atoms with Gasteiger partial charge in [0.2, 0.25) is 0 Å². The average Bonchev–Trinajstić information content (AvgIpc) is 0.898. The Balaban J connectivity index is 5.53. The second-order valence-corrected chi connectivity index (χ2v) is 29.8. The number of allylic oxidation sites excluding steroid dienone is 36. The molecule has 0 saturated heterocycles. The van der Waals surface area contributed by atoms with Crippen LogP contribution in [0.5, 0.6) is 0 Å². The molecule has 0 radical (unpaired) electrons. The molecule has 0 fully saturated rings. The summed E-state index contributed by atoms with van der Waals surface area (Å²) in [6.07, 6.45) is 105. The zero-order valence-electron chi connectivity index (χ0n) is 69.0. The first kappa shape index (κ1) is 105. The zero-order chi connectivity index (χ0) is 81.7. The number of hydrogen-bond acceptors (Lipinski definition) is 15. The number of esters is 4. The summed E-state index contributed by atoms with van der Waals surface area (Å²) in [6.45, 7) is 4.24. The second-order valence-electron chi connectivity index (χ2n) is 26.9. The summed E-state index contributed by atoms with van der Waals surface area (Å²) in [7, 11) is -10.0. The lowest BCUT2D eigenvalue weighted by Crippen LogP contribution is -2.30. The third kappa shape index (κ3) is 81.4. The van der Waals surface area contributed by atoms with Crippen LogP contribution in [0.25, 0.3) is 0 Å². The molecular weight excluding hydrogens is 1450 g/mol. The number of carbonyl (C=O) groups excluding carboxylic acids is 4. The van der Waals surface area contributed by atoms with Crippen molar-refractivity contribution in [1.82, 2.24) is 0 Å². The Morgan fingerprint density at radius 3 is 0.732 bits per heavy atom. The van der Waals surface area contributed by atoms with Gasteiger partial charge in [-0.25, -0.2) is 9.13 Å². The predicted molar refractivity (Wildman–Crippen MR) is 463 cm³/mol. The molecule has 630 valence electrons. The predicted octanol–water partition coefficient (Wildman–Crippen LogP) is 25.2. The van der Waals surface area contributed by atoms with Crippen LogP contribution in [0.2, 0.25) is 0 Å². The quantitative estimate of drug-likeness (QED) is 0.0169. The summed E-state index contributed by atoms with van der Waals surface area (Å²) >= 11 is 0. The minimum Gasteiger partial charge on any atom is -0.462 e. The van der Waals surface area contributed by atoms with E-state index in [9.17, 15) is 43.2 Å².